The van der Waals surface area contributed by atoms with E-state index < -0.39 is 0 Å². The lowest BCUT2D eigenvalue weighted by atomic mass is 10.2. The average molecular weight is 378 g/mol. The molecule has 1 N–H and O–H groups in total. The van der Waals surface area contributed by atoms with E-state index in [0.717, 1.165) is 11.4 Å². The van der Waals surface area contributed by atoms with Crippen molar-refractivity contribution in [1.29, 1.82) is 0 Å². The van der Waals surface area contributed by atoms with Crippen LogP contribution < -0.4 is 10.2 Å². The Balaban J connectivity index is 1.70. The topological polar surface area (TPSA) is 97.8 Å². The number of fused-ring (bicyclic) bond motifs is 1. The fourth-order valence-electron chi connectivity index (χ4n) is 2.93. The summed E-state index contributed by atoms with van der Waals surface area (Å²) in [6, 6.07) is 10.3. The predicted molar refractivity (Wildman–Crippen MR) is 106 cm³/mol. The highest BCUT2D eigenvalue weighted by molar-refractivity contribution is 5.74. The molecular weight excluding hydrogens is 356 g/mol. The molecule has 0 aliphatic rings. The SMILES string of the molecule is CC(C)N(Cc1nccn1C)c1nc2nonc2nc1NCc1ccccc1. The van der Waals surface area contributed by atoms with Crippen molar-refractivity contribution in [3.63, 3.8) is 0 Å². The summed E-state index contributed by atoms with van der Waals surface area (Å²) in [6.07, 6.45) is 3.72. The van der Waals surface area contributed by atoms with E-state index in [4.69, 9.17) is 4.63 Å². The molecule has 0 unspecified atom stereocenters. The summed E-state index contributed by atoms with van der Waals surface area (Å²) >= 11 is 0. The molecule has 1 aromatic carbocycles. The molecule has 0 amide bonds. The highest BCUT2D eigenvalue weighted by atomic mass is 16.6. The quantitative estimate of drug-likeness (QED) is 0.524. The molecule has 4 rings (SSSR count). The first-order chi connectivity index (χ1) is 13.6. The molecule has 0 saturated carbocycles. The largest absolute Gasteiger partial charge is 0.363 e. The number of nitrogens with zero attached hydrogens (tertiary/aromatic N) is 7. The number of anilines is 2. The fraction of sp³-hybridized carbons (Fsp3) is 0.316. The first-order valence-corrected chi connectivity index (χ1v) is 9.13. The van der Waals surface area contributed by atoms with Gasteiger partial charge in [-0.25, -0.2) is 19.6 Å². The molecule has 0 aliphatic heterocycles. The Kier molecular flexibility index (Phi) is 4.88. The lowest BCUT2D eigenvalue weighted by Gasteiger charge is -2.28. The van der Waals surface area contributed by atoms with Crippen LogP contribution in [0.5, 0.6) is 0 Å². The second-order valence-electron chi connectivity index (χ2n) is 6.82. The molecule has 144 valence electrons. The molecule has 0 spiro atoms. The van der Waals surface area contributed by atoms with Gasteiger partial charge >= 0.3 is 0 Å². The van der Waals surface area contributed by atoms with Gasteiger partial charge in [0.05, 0.1) is 6.54 Å². The predicted octanol–water partition coefficient (Wildman–Crippen LogP) is 2.77. The van der Waals surface area contributed by atoms with Crippen LogP contribution in [0.25, 0.3) is 11.3 Å². The standard InChI is InChI=1S/C19H22N8O/c1-13(2)27(12-15-20-9-10-26(15)3)19-18(21-11-14-7-5-4-6-8-14)22-16-17(23-19)25-28-24-16/h4-10,13H,11-12H2,1-3H3,(H,21,22,24). The number of hydrogen-bond donors (Lipinski definition) is 1. The summed E-state index contributed by atoms with van der Waals surface area (Å²) in [5.41, 5.74) is 1.90. The van der Waals surface area contributed by atoms with E-state index in [2.05, 4.69) is 61.5 Å². The van der Waals surface area contributed by atoms with Crippen LogP contribution in [-0.2, 0) is 20.1 Å². The van der Waals surface area contributed by atoms with Crippen molar-refractivity contribution in [1.82, 2.24) is 29.8 Å². The highest BCUT2D eigenvalue weighted by Gasteiger charge is 2.22. The summed E-state index contributed by atoms with van der Waals surface area (Å²) in [5, 5.41) is 11.1. The van der Waals surface area contributed by atoms with Crippen molar-refractivity contribution < 1.29 is 4.63 Å². The minimum atomic E-state index is 0.167. The van der Waals surface area contributed by atoms with Crippen LogP contribution in [0, 0.1) is 0 Å². The molecule has 3 aromatic heterocycles. The molecule has 0 radical (unpaired) electrons. The summed E-state index contributed by atoms with van der Waals surface area (Å²) in [6.45, 7) is 5.42. The van der Waals surface area contributed by atoms with Gasteiger partial charge < -0.3 is 14.8 Å². The van der Waals surface area contributed by atoms with Crippen molar-refractivity contribution in [3.05, 3.63) is 54.1 Å². The fourth-order valence-corrected chi connectivity index (χ4v) is 2.93. The Bertz CT molecular complexity index is 1060. The first kappa shape index (κ1) is 17.9. The van der Waals surface area contributed by atoms with Crippen molar-refractivity contribution in [3.8, 4) is 0 Å². The number of nitrogens with one attached hydrogen (secondary N) is 1. The van der Waals surface area contributed by atoms with E-state index in [1.807, 2.05) is 36.0 Å². The smallest absolute Gasteiger partial charge is 0.245 e. The van der Waals surface area contributed by atoms with Crippen molar-refractivity contribution >= 4 is 22.9 Å². The number of rotatable bonds is 7. The molecule has 0 aliphatic carbocycles. The third-order valence-corrected chi connectivity index (χ3v) is 4.53. The van der Waals surface area contributed by atoms with Crippen molar-refractivity contribution in [2.75, 3.05) is 10.2 Å². The Labute approximate surface area is 162 Å². The van der Waals surface area contributed by atoms with Crippen LogP contribution in [0.15, 0.2) is 47.4 Å². The van der Waals surface area contributed by atoms with Gasteiger partial charge in [-0.05, 0) is 29.7 Å². The summed E-state index contributed by atoms with van der Waals surface area (Å²) in [7, 11) is 1.98. The minimum absolute atomic E-state index is 0.167. The number of aryl methyl sites for hydroxylation is 1. The monoisotopic (exact) mass is 378 g/mol. The molecule has 0 fully saturated rings. The Morgan fingerprint density at radius 2 is 1.86 bits per heavy atom. The van der Waals surface area contributed by atoms with Gasteiger partial charge in [-0.2, -0.15) is 0 Å². The zero-order valence-electron chi connectivity index (χ0n) is 16.1. The zero-order valence-corrected chi connectivity index (χ0v) is 16.1. The van der Waals surface area contributed by atoms with Crippen LogP contribution in [0.2, 0.25) is 0 Å². The van der Waals surface area contributed by atoms with Gasteiger partial charge in [0, 0.05) is 32.0 Å². The van der Waals surface area contributed by atoms with Crippen molar-refractivity contribution in [2.24, 2.45) is 7.05 Å². The maximum atomic E-state index is 4.82. The van der Waals surface area contributed by atoms with E-state index >= 15 is 0 Å². The normalized spacial score (nSPS) is 11.3. The van der Waals surface area contributed by atoms with Crippen LogP contribution in [-0.4, -0.2) is 35.9 Å². The number of imidazole rings is 1. The van der Waals surface area contributed by atoms with Gasteiger partial charge in [0.25, 0.3) is 0 Å². The third kappa shape index (κ3) is 3.64. The maximum Gasteiger partial charge on any atom is 0.245 e. The number of hydrogen-bond acceptors (Lipinski definition) is 8. The second kappa shape index (κ2) is 7.63. The highest BCUT2D eigenvalue weighted by Crippen LogP contribution is 2.27. The molecule has 0 bridgehead atoms. The Morgan fingerprint density at radius 1 is 1.11 bits per heavy atom. The molecule has 9 heteroatoms. The molecule has 0 atom stereocenters. The zero-order chi connectivity index (χ0) is 19.5. The van der Waals surface area contributed by atoms with Crippen molar-refractivity contribution in [2.45, 2.75) is 33.0 Å². The summed E-state index contributed by atoms with van der Waals surface area (Å²) in [5.74, 6) is 2.26. The van der Waals surface area contributed by atoms with Crippen LogP contribution >= 0.6 is 0 Å². The van der Waals surface area contributed by atoms with Gasteiger partial charge in [0.1, 0.15) is 5.82 Å². The number of aromatic nitrogens is 6. The van der Waals surface area contributed by atoms with Crippen LogP contribution in [0.3, 0.4) is 0 Å². The molecule has 4 aromatic rings. The summed E-state index contributed by atoms with van der Waals surface area (Å²) in [4.78, 5) is 15.9. The molecular formula is C19H22N8O. The average Bonchev–Trinajstić information content (AvgIpc) is 3.32. The second-order valence-corrected chi connectivity index (χ2v) is 6.82. The maximum absolute atomic E-state index is 4.82. The molecule has 0 saturated heterocycles. The Morgan fingerprint density at radius 3 is 2.54 bits per heavy atom. The Hall–Kier alpha value is -3.49. The van der Waals surface area contributed by atoms with Gasteiger partial charge in [-0.3, -0.25) is 0 Å². The van der Waals surface area contributed by atoms with E-state index in [9.17, 15) is 0 Å². The minimum Gasteiger partial charge on any atom is -0.363 e. The lowest BCUT2D eigenvalue weighted by molar-refractivity contribution is 0.314. The van der Waals surface area contributed by atoms with Gasteiger partial charge in [0.2, 0.25) is 11.3 Å². The summed E-state index contributed by atoms with van der Waals surface area (Å²) < 4.78 is 6.81. The van der Waals surface area contributed by atoms with E-state index in [1.54, 1.807) is 6.20 Å². The van der Waals surface area contributed by atoms with Gasteiger partial charge in [0.15, 0.2) is 11.6 Å². The van der Waals surface area contributed by atoms with Crippen LogP contribution in [0.1, 0.15) is 25.2 Å². The lowest BCUT2D eigenvalue weighted by Crippen LogP contribution is -2.33. The van der Waals surface area contributed by atoms with Crippen LogP contribution in [0.4, 0.5) is 11.6 Å². The number of benzene rings is 1. The third-order valence-electron chi connectivity index (χ3n) is 4.53. The molecule has 28 heavy (non-hydrogen) atoms. The van der Waals surface area contributed by atoms with E-state index in [0.29, 0.717) is 36.0 Å². The molecule has 3 heterocycles. The van der Waals surface area contributed by atoms with Gasteiger partial charge in [-0.15, -0.1) is 0 Å². The van der Waals surface area contributed by atoms with E-state index in [-0.39, 0.29) is 6.04 Å². The first-order valence-electron chi connectivity index (χ1n) is 9.13. The van der Waals surface area contributed by atoms with Gasteiger partial charge in [-0.1, -0.05) is 30.3 Å². The van der Waals surface area contributed by atoms with E-state index in [1.165, 1.54) is 0 Å². The molecule has 9 nitrogen and oxygen atoms in total.